The fraction of sp³-hybridized carbons (Fsp3) is 0.250. The monoisotopic (exact) mass is 149 g/mol. The number of aromatic nitrogens is 1. The third kappa shape index (κ3) is 1.77. The van der Waals surface area contributed by atoms with Gasteiger partial charge < -0.3 is 5.73 Å². The molecule has 11 heavy (non-hydrogen) atoms. The average Bonchev–Trinajstić information content (AvgIpc) is 1.85. The summed E-state index contributed by atoms with van der Waals surface area (Å²) in [5.41, 5.74) is 6.90. The van der Waals surface area contributed by atoms with E-state index in [4.69, 9.17) is 5.73 Å². The molecule has 1 rings (SSSR count). The third-order valence-corrected chi connectivity index (χ3v) is 1.26. The van der Waals surface area contributed by atoms with Crippen molar-refractivity contribution in [1.82, 2.24) is 4.98 Å². The first-order valence-electron chi connectivity index (χ1n) is 3.27. The fourth-order valence-corrected chi connectivity index (χ4v) is 0.889. The van der Waals surface area contributed by atoms with Crippen LogP contribution >= 0.6 is 0 Å². The summed E-state index contributed by atoms with van der Waals surface area (Å²) in [5, 5.41) is 0. The third-order valence-electron chi connectivity index (χ3n) is 1.26. The lowest BCUT2D eigenvalue weighted by Gasteiger charge is -1.97. The fourth-order valence-electron chi connectivity index (χ4n) is 0.889. The second-order valence-corrected chi connectivity index (χ2v) is 2.42. The molecule has 0 aliphatic heterocycles. The molecule has 1 heterocycles. The van der Waals surface area contributed by atoms with E-state index in [2.05, 4.69) is 11.1 Å². The number of primary amides is 1. The van der Waals surface area contributed by atoms with Crippen LogP contribution in [0, 0.1) is 19.9 Å². The van der Waals surface area contributed by atoms with E-state index in [1.807, 2.05) is 19.9 Å². The van der Waals surface area contributed by atoms with Crippen molar-refractivity contribution in [2.24, 2.45) is 5.73 Å². The van der Waals surface area contributed by atoms with Crippen molar-refractivity contribution in [2.75, 3.05) is 0 Å². The number of amides is 1. The summed E-state index contributed by atoms with van der Waals surface area (Å²) < 4.78 is 0. The number of nitrogens with two attached hydrogens (primary N) is 1. The molecule has 0 aliphatic carbocycles. The molecule has 0 spiro atoms. The van der Waals surface area contributed by atoms with E-state index in [0.29, 0.717) is 0 Å². The van der Waals surface area contributed by atoms with Gasteiger partial charge in [-0.3, -0.25) is 4.79 Å². The van der Waals surface area contributed by atoms with Crippen molar-refractivity contribution >= 4 is 5.91 Å². The van der Waals surface area contributed by atoms with Crippen LogP contribution in [0.1, 0.15) is 21.7 Å². The van der Waals surface area contributed by atoms with Gasteiger partial charge in [0.05, 0.1) is 0 Å². The van der Waals surface area contributed by atoms with E-state index < -0.39 is 5.91 Å². The molecular weight excluding hydrogens is 140 g/mol. The normalized spacial score (nSPS) is 9.64. The molecule has 1 amide bonds. The molecule has 0 saturated carbocycles. The minimum Gasteiger partial charge on any atom is -0.364 e. The minimum atomic E-state index is -0.531. The number of carbonyl (C=O) groups excluding carboxylic acids is 1. The van der Waals surface area contributed by atoms with Crippen LogP contribution in [0.3, 0.4) is 0 Å². The standard InChI is InChI=1S/C8H9N2O/c1-5-3-6(2)10-7(4-5)8(9)11/h3H,1-2H3,(H2,9,11). The molecule has 3 heteroatoms. The topological polar surface area (TPSA) is 56.0 Å². The maximum atomic E-state index is 10.6. The maximum Gasteiger partial charge on any atom is 0.267 e. The second kappa shape index (κ2) is 2.70. The number of nitrogens with zero attached hydrogens (tertiary/aromatic N) is 1. The molecule has 2 N–H and O–H groups in total. The predicted molar refractivity (Wildman–Crippen MR) is 41.1 cm³/mol. The van der Waals surface area contributed by atoms with Gasteiger partial charge in [-0.25, -0.2) is 4.98 Å². The molecule has 57 valence electrons. The van der Waals surface area contributed by atoms with E-state index >= 15 is 0 Å². The van der Waals surface area contributed by atoms with Gasteiger partial charge in [-0.1, -0.05) is 0 Å². The van der Waals surface area contributed by atoms with E-state index in [0.717, 1.165) is 11.3 Å². The Morgan fingerprint density at radius 3 is 2.73 bits per heavy atom. The quantitative estimate of drug-likeness (QED) is 0.635. The zero-order valence-electron chi connectivity index (χ0n) is 6.51. The number of hydrogen-bond acceptors (Lipinski definition) is 2. The van der Waals surface area contributed by atoms with Gasteiger partial charge in [0.25, 0.3) is 5.91 Å². The van der Waals surface area contributed by atoms with E-state index in [1.54, 1.807) is 0 Å². The Balaban J connectivity index is 3.19. The molecule has 0 aromatic carbocycles. The van der Waals surface area contributed by atoms with Crippen LogP contribution in [0.5, 0.6) is 0 Å². The van der Waals surface area contributed by atoms with E-state index in [1.165, 1.54) is 0 Å². The maximum absolute atomic E-state index is 10.6. The van der Waals surface area contributed by atoms with E-state index in [9.17, 15) is 4.79 Å². The van der Waals surface area contributed by atoms with Crippen molar-refractivity contribution < 1.29 is 4.79 Å². The first kappa shape index (κ1) is 7.72. The van der Waals surface area contributed by atoms with Gasteiger partial charge in [0.2, 0.25) is 0 Å². The highest BCUT2D eigenvalue weighted by Gasteiger charge is 2.02. The number of aryl methyl sites for hydroxylation is 2. The van der Waals surface area contributed by atoms with Crippen LogP contribution in [0.15, 0.2) is 6.07 Å². The highest BCUT2D eigenvalue weighted by atomic mass is 16.1. The molecular formula is C8H9N2O. The summed E-state index contributed by atoms with van der Waals surface area (Å²) in [6.45, 7) is 3.66. The average molecular weight is 149 g/mol. The highest BCUT2D eigenvalue weighted by molar-refractivity contribution is 5.90. The molecule has 1 aromatic heterocycles. The van der Waals surface area contributed by atoms with Gasteiger partial charge in [0.15, 0.2) is 0 Å². The molecule has 0 fully saturated rings. The van der Waals surface area contributed by atoms with Crippen LogP contribution in [-0.2, 0) is 0 Å². The summed E-state index contributed by atoms with van der Waals surface area (Å²) in [4.78, 5) is 14.5. The van der Waals surface area contributed by atoms with Gasteiger partial charge in [0.1, 0.15) is 5.69 Å². The van der Waals surface area contributed by atoms with Crippen LogP contribution in [0.2, 0.25) is 0 Å². The molecule has 0 bridgehead atoms. The summed E-state index contributed by atoms with van der Waals surface area (Å²) in [6.07, 6.45) is 0. The van der Waals surface area contributed by atoms with Crippen molar-refractivity contribution in [2.45, 2.75) is 13.8 Å². The van der Waals surface area contributed by atoms with Crippen LogP contribution < -0.4 is 5.73 Å². The lowest BCUT2D eigenvalue weighted by molar-refractivity contribution is 0.0995. The Kier molecular flexibility index (Phi) is 1.89. The van der Waals surface area contributed by atoms with Gasteiger partial charge in [-0.15, -0.1) is 0 Å². The lowest BCUT2D eigenvalue weighted by Crippen LogP contribution is -2.13. The summed E-state index contributed by atoms with van der Waals surface area (Å²) in [6, 6.07) is 4.60. The Morgan fingerprint density at radius 1 is 1.64 bits per heavy atom. The lowest BCUT2D eigenvalue weighted by atomic mass is 10.2. The van der Waals surface area contributed by atoms with E-state index in [-0.39, 0.29) is 5.69 Å². The SMILES string of the molecule is Cc1[c]c(C(N)=O)nc(C)c1. The number of rotatable bonds is 1. The molecule has 1 radical (unpaired) electrons. The summed E-state index contributed by atoms with van der Waals surface area (Å²) in [5.74, 6) is -0.531. The molecule has 3 nitrogen and oxygen atoms in total. The van der Waals surface area contributed by atoms with Gasteiger partial charge in [-0.05, 0) is 25.5 Å². The van der Waals surface area contributed by atoms with Crippen molar-refractivity contribution in [3.63, 3.8) is 0 Å². The Labute approximate surface area is 65.2 Å². The predicted octanol–water partition coefficient (Wildman–Crippen LogP) is 0.598. The summed E-state index contributed by atoms with van der Waals surface area (Å²) >= 11 is 0. The van der Waals surface area contributed by atoms with Crippen LogP contribution in [-0.4, -0.2) is 10.9 Å². The number of carbonyl (C=O) groups is 1. The first-order valence-corrected chi connectivity index (χ1v) is 3.27. The largest absolute Gasteiger partial charge is 0.364 e. The highest BCUT2D eigenvalue weighted by Crippen LogP contribution is 2.01. The van der Waals surface area contributed by atoms with Crippen molar-refractivity contribution in [3.05, 3.63) is 29.1 Å². The number of pyridine rings is 1. The molecule has 0 atom stereocenters. The smallest absolute Gasteiger partial charge is 0.267 e. The molecule has 0 saturated heterocycles. The molecule has 1 aromatic rings. The Bertz CT molecular complexity index is 274. The van der Waals surface area contributed by atoms with Crippen LogP contribution in [0.4, 0.5) is 0 Å². The molecule has 0 unspecified atom stereocenters. The first-order chi connectivity index (χ1) is 5.09. The Hall–Kier alpha value is -1.38. The second-order valence-electron chi connectivity index (χ2n) is 2.42. The van der Waals surface area contributed by atoms with Crippen molar-refractivity contribution in [3.8, 4) is 0 Å². The van der Waals surface area contributed by atoms with Gasteiger partial charge in [0, 0.05) is 11.8 Å². The van der Waals surface area contributed by atoms with Gasteiger partial charge in [-0.2, -0.15) is 0 Å². The van der Waals surface area contributed by atoms with Gasteiger partial charge >= 0.3 is 0 Å². The zero-order chi connectivity index (χ0) is 8.43. The zero-order valence-corrected chi connectivity index (χ0v) is 6.51. The number of hydrogen-bond donors (Lipinski definition) is 1. The minimum absolute atomic E-state index is 0.211. The molecule has 0 aliphatic rings. The summed E-state index contributed by atoms with van der Waals surface area (Å²) in [7, 11) is 0. The van der Waals surface area contributed by atoms with Crippen molar-refractivity contribution in [1.29, 1.82) is 0 Å². The Morgan fingerprint density at radius 2 is 2.27 bits per heavy atom. The van der Waals surface area contributed by atoms with Crippen LogP contribution in [0.25, 0.3) is 0 Å².